The van der Waals surface area contributed by atoms with Crippen molar-refractivity contribution in [2.75, 3.05) is 21.9 Å². The number of rotatable bonds is 7. The molecule has 0 aliphatic carbocycles. The fourth-order valence-corrected chi connectivity index (χ4v) is 5.39. The van der Waals surface area contributed by atoms with E-state index in [0.29, 0.717) is 22.2 Å². The van der Waals surface area contributed by atoms with E-state index >= 15 is 0 Å². The number of nitrogens with two attached hydrogens (primary N) is 1. The van der Waals surface area contributed by atoms with E-state index in [1.54, 1.807) is 36.4 Å². The number of fused-ring (bicyclic) bond motifs is 1. The maximum atomic E-state index is 12.9. The molecule has 0 aliphatic heterocycles. The Bertz CT molecular complexity index is 1550. The predicted molar refractivity (Wildman–Crippen MR) is 132 cm³/mol. The Balaban J connectivity index is 1.84. The zero-order valence-corrected chi connectivity index (χ0v) is 19.5. The van der Waals surface area contributed by atoms with Crippen LogP contribution in [-0.4, -0.2) is 28.5 Å². The molecule has 0 amide bonds. The van der Waals surface area contributed by atoms with E-state index in [-0.39, 0.29) is 22.0 Å². The fourth-order valence-electron chi connectivity index (χ4n) is 3.51. The summed E-state index contributed by atoms with van der Waals surface area (Å²) in [5, 5.41) is 0.828. The van der Waals surface area contributed by atoms with Gasteiger partial charge < -0.3 is 10.5 Å². The van der Waals surface area contributed by atoms with Gasteiger partial charge in [-0.25, -0.2) is 12.7 Å². The van der Waals surface area contributed by atoms with Crippen LogP contribution >= 0.6 is 0 Å². The highest BCUT2D eigenvalue weighted by atomic mass is 32.2. The zero-order chi connectivity index (χ0) is 24.5. The van der Waals surface area contributed by atoms with Gasteiger partial charge in [0.2, 0.25) is 0 Å². The van der Waals surface area contributed by atoms with Gasteiger partial charge in [0.15, 0.2) is 0 Å². The molecule has 9 nitrogen and oxygen atoms in total. The molecule has 0 spiro atoms. The van der Waals surface area contributed by atoms with E-state index in [4.69, 9.17) is 10.5 Å². The molecule has 0 unspecified atom stereocenters. The van der Waals surface area contributed by atoms with Gasteiger partial charge in [0.1, 0.15) is 5.75 Å². The van der Waals surface area contributed by atoms with E-state index in [1.807, 2.05) is 0 Å². The summed E-state index contributed by atoms with van der Waals surface area (Å²) in [6, 6.07) is 21.3. The van der Waals surface area contributed by atoms with Crippen molar-refractivity contribution in [2.45, 2.75) is 4.90 Å². The number of nitrogens with one attached hydrogen (secondary N) is 1. The van der Waals surface area contributed by atoms with Crippen LogP contribution in [0.25, 0.3) is 10.8 Å². The third-order valence-electron chi connectivity index (χ3n) is 5.09. The lowest BCUT2D eigenvalue weighted by Gasteiger charge is -2.24. The highest BCUT2D eigenvalue weighted by Crippen LogP contribution is 2.38. The number of hydrogen-bond donors (Lipinski definition) is 3. The number of hydrogen-bond acceptors (Lipinski definition) is 6. The van der Waals surface area contributed by atoms with Crippen molar-refractivity contribution >= 4 is 53.8 Å². The first kappa shape index (κ1) is 23.4. The molecule has 0 bridgehead atoms. The van der Waals surface area contributed by atoms with Crippen LogP contribution in [0.4, 0.5) is 22.7 Å². The monoisotopic (exact) mass is 499 g/mol. The summed E-state index contributed by atoms with van der Waals surface area (Å²) in [5.74, 6) is 0.510. The number of nitrogen functional groups attached to an aromatic ring is 1. The Morgan fingerprint density at radius 1 is 0.824 bits per heavy atom. The molecule has 0 saturated heterocycles. The van der Waals surface area contributed by atoms with E-state index < -0.39 is 20.3 Å². The Labute approximate surface area is 197 Å². The van der Waals surface area contributed by atoms with Gasteiger partial charge in [-0.3, -0.25) is 9.27 Å². The standard InChI is InChI=1S/C23H21N3O6S2/c1-32-18-10-8-17(9-11-18)26(34(29,30)31)23-15-14-22(20-4-2-3-5-21(20)23)25-33(27,28)19-12-6-16(24)7-13-19/h2-15,25H,24H2,1H3,(H,29,30,31). The molecule has 4 N–H and O–H groups in total. The van der Waals surface area contributed by atoms with Crippen molar-refractivity contribution in [3.63, 3.8) is 0 Å². The number of anilines is 4. The van der Waals surface area contributed by atoms with Gasteiger partial charge in [-0.15, -0.1) is 0 Å². The van der Waals surface area contributed by atoms with Crippen LogP contribution in [0.2, 0.25) is 0 Å². The van der Waals surface area contributed by atoms with Crippen molar-refractivity contribution in [1.82, 2.24) is 0 Å². The molecule has 0 saturated carbocycles. The minimum absolute atomic E-state index is 0.0210. The van der Waals surface area contributed by atoms with Crippen molar-refractivity contribution in [1.29, 1.82) is 0 Å². The molecule has 4 aromatic carbocycles. The Kier molecular flexibility index (Phi) is 6.09. The second-order valence-electron chi connectivity index (χ2n) is 7.29. The topological polar surface area (TPSA) is 139 Å². The van der Waals surface area contributed by atoms with Gasteiger partial charge in [0.05, 0.1) is 29.1 Å². The second kappa shape index (κ2) is 8.86. The molecule has 0 atom stereocenters. The minimum Gasteiger partial charge on any atom is -0.497 e. The second-order valence-corrected chi connectivity index (χ2v) is 10.2. The number of nitrogens with zero attached hydrogens (tertiary/aromatic N) is 1. The van der Waals surface area contributed by atoms with Crippen LogP contribution in [0, 0.1) is 0 Å². The molecule has 4 rings (SSSR count). The molecule has 34 heavy (non-hydrogen) atoms. The number of ether oxygens (including phenoxy) is 1. The van der Waals surface area contributed by atoms with Crippen LogP contribution in [0.3, 0.4) is 0 Å². The van der Waals surface area contributed by atoms with Gasteiger partial charge in [0.25, 0.3) is 10.0 Å². The summed E-state index contributed by atoms with van der Waals surface area (Å²) in [7, 11) is -7.20. The van der Waals surface area contributed by atoms with Crippen LogP contribution in [0.15, 0.2) is 89.8 Å². The van der Waals surface area contributed by atoms with Gasteiger partial charge in [0, 0.05) is 16.5 Å². The highest BCUT2D eigenvalue weighted by molar-refractivity contribution is 7.92. The largest absolute Gasteiger partial charge is 0.497 e. The molecule has 0 fully saturated rings. The molecule has 4 aromatic rings. The van der Waals surface area contributed by atoms with E-state index in [1.165, 1.54) is 55.6 Å². The van der Waals surface area contributed by atoms with Crippen molar-refractivity contribution in [2.24, 2.45) is 0 Å². The third kappa shape index (κ3) is 4.62. The Hall–Kier alpha value is -3.80. The predicted octanol–water partition coefficient (Wildman–Crippen LogP) is 4.17. The molecule has 0 aliphatic rings. The zero-order valence-electron chi connectivity index (χ0n) is 17.9. The maximum absolute atomic E-state index is 12.9. The third-order valence-corrected chi connectivity index (χ3v) is 7.34. The fraction of sp³-hybridized carbons (Fsp3) is 0.0435. The van der Waals surface area contributed by atoms with Crippen LogP contribution < -0.4 is 19.5 Å². The molecule has 0 radical (unpaired) electrons. The quantitative estimate of drug-likeness (QED) is 0.256. The minimum atomic E-state index is -4.74. The van der Waals surface area contributed by atoms with Gasteiger partial charge >= 0.3 is 10.3 Å². The number of benzene rings is 4. The molecule has 11 heteroatoms. The maximum Gasteiger partial charge on any atom is 0.364 e. The molecular formula is C23H21N3O6S2. The Morgan fingerprint density at radius 3 is 2.03 bits per heavy atom. The van der Waals surface area contributed by atoms with E-state index in [2.05, 4.69) is 4.72 Å². The first-order chi connectivity index (χ1) is 16.1. The van der Waals surface area contributed by atoms with E-state index in [9.17, 15) is 21.4 Å². The van der Waals surface area contributed by atoms with Gasteiger partial charge in [-0.2, -0.15) is 8.42 Å². The molecule has 0 heterocycles. The average molecular weight is 500 g/mol. The first-order valence-electron chi connectivity index (χ1n) is 9.92. The van der Waals surface area contributed by atoms with Gasteiger partial charge in [-0.1, -0.05) is 24.3 Å². The summed E-state index contributed by atoms with van der Waals surface area (Å²) in [6.07, 6.45) is 0. The summed E-state index contributed by atoms with van der Waals surface area (Å²) < 4.78 is 69.1. The lowest BCUT2D eigenvalue weighted by Crippen LogP contribution is -2.25. The molecule has 0 aromatic heterocycles. The molecular weight excluding hydrogens is 478 g/mol. The number of methoxy groups -OCH3 is 1. The summed E-state index contributed by atoms with van der Waals surface area (Å²) in [6.45, 7) is 0. The SMILES string of the molecule is COc1ccc(N(c2ccc(NS(=O)(=O)c3ccc(N)cc3)c3ccccc23)S(=O)(=O)O)cc1. The van der Waals surface area contributed by atoms with Crippen molar-refractivity contribution < 1.29 is 26.1 Å². The van der Waals surface area contributed by atoms with Gasteiger partial charge in [-0.05, 0) is 60.7 Å². The normalized spacial score (nSPS) is 11.8. The van der Waals surface area contributed by atoms with Crippen LogP contribution in [0.5, 0.6) is 5.75 Å². The Morgan fingerprint density at radius 2 is 1.44 bits per heavy atom. The molecule has 176 valence electrons. The number of sulfonamides is 1. The van der Waals surface area contributed by atoms with Crippen LogP contribution in [-0.2, 0) is 20.3 Å². The van der Waals surface area contributed by atoms with Crippen LogP contribution in [0.1, 0.15) is 0 Å². The average Bonchev–Trinajstić information content (AvgIpc) is 2.80. The summed E-state index contributed by atoms with van der Waals surface area (Å²) in [5.41, 5.74) is 6.62. The summed E-state index contributed by atoms with van der Waals surface area (Å²) >= 11 is 0. The van der Waals surface area contributed by atoms with Crippen molar-refractivity contribution in [3.05, 3.63) is 84.9 Å². The smallest absolute Gasteiger partial charge is 0.364 e. The lowest BCUT2D eigenvalue weighted by molar-refractivity contribution is 0.415. The van der Waals surface area contributed by atoms with E-state index in [0.717, 1.165) is 4.31 Å². The summed E-state index contributed by atoms with van der Waals surface area (Å²) in [4.78, 5) is 0.0210. The first-order valence-corrected chi connectivity index (χ1v) is 12.8. The lowest BCUT2D eigenvalue weighted by atomic mass is 10.1. The van der Waals surface area contributed by atoms with Crippen molar-refractivity contribution in [3.8, 4) is 5.75 Å². The highest BCUT2D eigenvalue weighted by Gasteiger charge is 2.25.